The molecule has 0 N–H and O–H groups in total. The third-order valence-electron chi connectivity index (χ3n) is 5.07. The van der Waals surface area contributed by atoms with Gasteiger partial charge >= 0.3 is 0 Å². The quantitative estimate of drug-likeness (QED) is 0.559. The zero-order valence-corrected chi connectivity index (χ0v) is 16.6. The molecule has 0 bridgehead atoms. The molecule has 2 aromatic heterocycles. The summed E-state index contributed by atoms with van der Waals surface area (Å²) in [5, 5.41) is 14.0. The highest BCUT2D eigenvalue weighted by Gasteiger charge is 2.32. The minimum absolute atomic E-state index is 0.531. The van der Waals surface area contributed by atoms with E-state index in [1.54, 1.807) is 18.9 Å². The summed E-state index contributed by atoms with van der Waals surface area (Å²) in [6.07, 6.45) is 4.87. The summed E-state index contributed by atoms with van der Waals surface area (Å²) in [5.41, 5.74) is 0.872. The normalized spacial score (nSPS) is 16.7. The molecule has 1 aliphatic heterocycles. The average Bonchev–Trinajstić information content (AvgIpc) is 3.16. The van der Waals surface area contributed by atoms with Gasteiger partial charge in [-0.05, 0) is 37.8 Å². The molecule has 3 heterocycles. The van der Waals surface area contributed by atoms with Crippen molar-refractivity contribution < 1.29 is 9.26 Å². The van der Waals surface area contributed by atoms with E-state index in [0.29, 0.717) is 23.5 Å². The fourth-order valence-corrected chi connectivity index (χ4v) is 4.31. The van der Waals surface area contributed by atoms with Crippen LogP contribution in [-0.4, -0.2) is 45.1 Å². The van der Waals surface area contributed by atoms with Crippen LogP contribution in [0.1, 0.15) is 37.6 Å². The van der Waals surface area contributed by atoms with Crippen LogP contribution in [0.3, 0.4) is 0 Å². The van der Waals surface area contributed by atoms with Gasteiger partial charge in [0.2, 0.25) is 17.7 Å². The second-order valence-corrected chi connectivity index (χ2v) is 8.05. The Kier molecular flexibility index (Phi) is 4.67. The fourth-order valence-electron chi connectivity index (χ4n) is 3.47. The smallest absolute Gasteiger partial charge is 0.237 e. The molecule has 0 unspecified atom stereocenters. The molecule has 0 atom stereocenters. The molecular formula is C19H22N6O2S. The minimum Gasteiger partial charge on any atom is -0.497 e. The van der Waals surface area contributed by atoms with Crippen LogP contribution >= 0.6 is 11.8 Å². The van der Waals surface area contributed by atoms with Crippen molar-refractivity contribution in [2.75, 3.05) is 25.1 Å². The number of methoxy groups -OCH3 is 1. The highest BCUT2D eigenvalue weighted by molar-refractivity contribution is 7.98. The van der Waals surface area contributed by atoms with Crippen LogP contribution in [0.4, 0.5) is 5.95 Å². The van der Waals surface area contributed by atoms with E-state index in [-0.39, 0.29) is 0 Å². The summed E-state index contributed by atoms with van der Waals surface area (Å²) in [4.78, 5) is 6.87. The number of hydrogen-bond acceptors (Lipinski definition) is 8. The first-order valence-electron chi connectivity index (χ1n) is 9.61. The highest BCUT2D eigenvalue weighted by atomic mass is 32.2. The maximum atomic E-state index is 5.45. The minimum atomic E-state index is 0.531. The van der Waals surface area contributed by atoms with Gasteiger partial charge in [-0.15, -0.1) is 10.2 Å². The summed E-state index contributed by atoms with van der Waals surface area (Å²) in [7, 11) is 1.64. The average molecular weight is 398 g/mol. The Hall–Kier alpha value is -2.55. The number of benzene rings is 1. The number of hydrogen-bond donors (Lipinski definition) is 0. The van der Waals surface area contributed by atoms with Crippen LogP contribution < -0.4 is 9.64 Å². The van der Waals surface area contributed by atoms with Gasteiger partial charge in [0.25, 0.3) is 0 Å². The van der Waals surface area contributed by atoms with Crippen molar-refractivity contribution in [1.29, 1.82) is 0 Å². The molecule has 8 nitrogen and oxygen atoms in total. The van der Waals surface area contributed by atoms with Gasteiger partial charge in [-0.25, -0.2) is 0 Å². The highest BCUT2D eigenvalue weighted by Crippen LogP contribution is 2.41. The van der Waals surface area contributed by atoms with Crippen LogP contribution in [0.25, 0.3) is 11.4 Å². The molecule has 2 fully saturated rings. The molecule has 0 radical (unpaired) electrons. The molecular weight excluding hydrogens is 376 g/mol. The first kappa shape index (κ1) is 17.5. The van der Waals surface area contributed by atoms with Gasteiger partial charge < -0.3 is 14.2 Å². The maximum absolute atomic E-state index is 5.45. The Bertz CT molecular complexity index is 961. The van der Waals surface area contributed by atoms with Crippen LogP contribution in [0.15, 0.2) is 33.9 Å². The number of rotatable bonds is 7. The molecule has 0 spiro atoms. The number of thioether (sulfide) groups is 1. The van der Waals surface area contributed by atoms with Crippen molar-refractivity contribution >= 4 is 17.7 Å². The van der Waals surface area contributed by atoms with Gasteiger partial charge in [0.1, 0.15) is 5.75 Å². The number of ether oxygens (including phenoxy) is 1. The summed E-state index contributed by atoms with van der Waals surface area (Å²) in [6, 6.07) is 8.17. The summed E-state index contributed by atoms with van der Waals surface area (Å²) >= 11 is 1.61. The lowest BCUT2D eigenvalue weighted by atomic mass is 10.2. The summed E-state index contributed by atoms with van der Waals surface area (Å²) in [5.74, 6) is 3.50. The summed E-state index contributed by atoms with van der Waals surface area (Å²) < 4.78 is 13.0. The van der Waals surface area contributed by atoms with E-state index in [9.17, 15) is 0 Å². The van der Waals surface area contributed by atoms with Crippen LogP contribution in [0.5, 0.6) is 5.75 Å². The SMILES string of the molecule is COc1cccc(-c2noc(CSc3nnc(N4CCCC4)n3C3CC3)n2)c1. The molecule has 3 aromatic rings. The van der Waals surface area contributed by atoms with Gasteiger partial charge in [0.05, 0.1) is 12.9 Å². The molecule has 5 rings (SSSR count). The lowest BCUT2D eigenvalue weighted by Gasteiger charge is -2.17. The molecule has 0 amide bonds. The van der Waals surface area contributed by atoms with Crippen molar-refractivity contribution in [3.63, 3.8) is 0 Å². The van der Waals surface area contributed by atoms with Gasteiger partial charge in [-0.2, -0.15) is 4.98 Å². The van der Waals surface area contributed by atoms with E-state index in [1.165, 1.54) is 25.7 Å². The van der Waals surface area contributed by atoms with Crippen molar-refractivity contribution in [2.45, 2.75) is 42.6 Å². The van der Waals surface area contributed by atoms with E-state index in [1.807, 2.05) is 24.3 Å². The number of aromatic nitrogens is 5. The summed E-state index contributed by atoms with van der Waals surface area (Å²) in [6.45, 7) is 2.14. The van der Waals surface area contributed by atoms with E-state index in [4.69, 9.17) is 9.26 Å². The zero-order chi connectivity index (χ0) is 18.9. The van der Waals surface area contributed by atoms with Gasteiger partial charge in [0, 0.05) is 24.7 Å². The second kappa shape index (κ2) is 7.46. The topological polar surface area (TPSA) is 82.1 Å². The molecule has 2 aliphatic rings. The predicted molar refractivity (Wildman–Crippen MR) is 106 cm³/mol. The predicted octanol–water partition coefficient (Wildman–Crippen LogP) is 3.56. The fraction of sp³-hybridized carbons (Fsp3) is 0.474. The Labute approximate surface area is 167 Å². The maximum Gasteiger partial charge on any atom is 0.237 e. The van der Waals surface area contributed by atoms with E-state index in [2.05, 4.69) is 29.8 Å². The molecule has 1 aliphatic carbocycles. The third-order valence-corrected chi connectivity index (χ3v) is 6.00. The van der Waals surface area contributed by atoms with Crippen LogP contribution in [0.2, 0.25) is 0 Å². The van der Waals surface area contributed by atoms with Crippen molar-refractivity contribution in [3.8, 4) is 17.1 Å². The van der Waals surface area contributed by atoms with Gasteiger partial charge in [-0.1, -0.05) is 29.1 Å². The van der Waals surface area contributed by atoms with Crippen molar-refractivity contribution in [3.05, 3.63) is 30.2 Å². The lowest BCUT2D eigenvalue weighted by Crippen LogP contribution is -2.22. The molecule has 1 saturated carbocycles. The Morgan fingerprint density at radius 2 is 2.07 bits per heavy atom. The van der Waals surface area contributed by atoms with Gasteiger partial charge in [-0.3, -0.25) is 4.57 Å². The molecule has 146 valence electrons. The molecule has 1 aromatic carbocycles. The Morgan fingerprint density at radius 1 is 1.21 bits per heavy atom. The number of nitrogens with zero attached hydrogens (tertiary/aromatic N) is 6. The van der Waals surface area contributed by atoms with Crippen LogP contribution in [-0.2, 0) is 5.75 Å². The Morgan fingerprint density at radius 3 is 2.86 bits per heavy atom. The van der Waals surface area contributed by atoms with E-state index >= 15 is 0 Å². The van der Waals surface area contributed by atoms with Crippen LogP contribution in [0, 0.1) is 0 Å². The zero-order valence-electron chi connectivity index (χ0n) is 15.7. The third kappa shape index (κ3) is 3.46. The molecule has 28 heavy (non-hydrogen) atoms. The Balaban J connectivity index is 1.31. The van der Waals surface area contributed by atoms with Crippen molar-refractivity contribution in [1.82, 2.24) is 24.9 Å². The largest absolute Gasteiger partial charge is 0.497 e. The van der Waals surface area contributed by atoms with Gasteiger partial charge in [0.15, 0.2) is 5.16 Å². The second-order valence-electron chi connectivity index (χ2n) is 7.11. The monoisotopic (exact) mass is 398 g/mol. The first-order chi connectivity index (χ1) is 13.8. The lowest BCUT2D eigenvalue weighted by molar-refractivity contribution is 0.391. The molecule has 9 heteroatoms. The van der Waals surface area contributed by atoms with E-state index in [0.717, 1.165) is 35.5 Å². The molecule has 1 saturated heterocycles. The van der Waals surface area contributed by atoms with Crippen molar-refractivity contribution in [2.24, 2.45) is 0 Å². The first-order valence-corrected chi connectivity index (χ1v) is 10.6. The standard InChI is InChI=1S/C19H22N6O2S/c1-26-15-6-4-5-13(11-15)17-20-16(27-23-17)12-28-19-22-21-18(24-9-2-3-10-24)25(19)14-7-8-14/h4-6,11,14H,2-3,7-10,12H2,1H3. The number of anilines is 1. The van der Waals surface area contributed by atoms with E-state index < -0.39 is 0 Å².